The highest BCUT2D eigenvalue weighted by molar-refractivity contribution is 5.73. The molecule has 1 saturated heterocycles. The number of amides is 3. The molecule has 0 aromatic carbocycles. The van der Waals surface area contributed by atoms with Crippen molar-refractivity contribution in [1.29, 1.82) is 0 Å². The molecule has 1 fully saturated rings. The summed E-state index contributed by atoms with van der Waals surface area (Å²) in [6.45, 7) is 8.99. The van der Waals surface area contributed by atoms with E-state index in [1.165, 1.54) is 25.7 Å². The van der Waals surface area contributed by atoms with Crippen LogP contribution in [0.1, 0.15) is 28.2 Å². The second-order valence-corrected chi connectivity index (χ2v) is 15.8. The van der Waals surface area contributed by atoms with E-state index >= 15 is 0 Å². The standard InChI is InChI=1S/C14H33N3O3.C8H18N2O2.C6H14NO.C2H5NO.CH4.2ClH/c1-12(18)15(8-13(19)10-16(2,3)4)9-14(20)11-17(5,6)7;1-7(11)9-5-8(12)6-10(2,3)4;1-7(2,3)4-6-5-8-6;1-2(3)4;;;/h13-14,19-20H,8-11H2,1-7H3;8,12H,5-6H2,1-4H3;6H,4-5H2,1-3H3;1H3,(H2,3,4);1H4;2*1H/q+2;;+1;;;;/p-1. The molecule has 0 aromatic rings. The van der Waals surface area contributed by atoms with Crippen LogP contribution in [0.5, 0.6) is 0 Å². The number of rotatable bonds is 14. The van der Waals surface area contributed by atoms with Gasteiger partial charge in [-0.3, -0.25) is 14.4 Å². The Hall–Kier alpha value is -1.33. The molecule has 1 aliphatic rings. The maximum Gasteiger partial charge on any atom is 0.219 e. The van der Waals surface area contributed by atoms with Crippen LogP contribution in [-0.4, -0.2) is 217 Å². The molecule has 3 amide bonds. The summed E-state index contributed by atoms with van der Waals surface area (Å²) in [6.07, 6.45) is -1.07. The molecule has 4 unspecified atom stereocenters. The van der Waals surface area contributed by atoms with E-state index in [1.54, 1.807) is 0 Å². The number of nitrogens with two attached hydrogens (primary N) is 1. The molecule has 0 spiro atoms. The molecule has 16 heteroatoms. The summed E-state index contributed by atoms with van der Waals surface area (Å²) >= 11 is 0. The molecule has 1 heterocycles. The van der Waals surface area contributed by atoms with Crippen molar-refractivity contribution >= 4 is 17.7 Å². The van der Waals surface area contributed by atoms with Crippen LogP contribution in [0.3, 0.4) is 0 Å². The average molecular weight is 729 g/mol. The van der Waals surface area contributed by atoms with Gasteiger partial charge in [0.05, 0.1) is 104 Å². The fraction of sp³-hybridized carbons (Fsp3) is 0.903. The summed E-state index contributed by atoms with van der Waals surface area (Å²) in [5.41, 5.74) is 4.47. The number of likely N-dealkylation sites (N-methyl/N-ethyl adjacent to an activating group) is 4. The lowest BCUT2D eigenvalue weighted by molar-refractivity contribution is -0.873. The highest BCUT2D eigenvalue weighted by Crippen LogP contribution is 2.11. The minimum absolute atomic E-state index is 0. The number of carbonyl (C=O) groups excluding carboxylic acids is 3. The molecule has 6 N–H and O–H groups in total. The van der Waals surface area contributed by atoms with E-state index in [4.69, 9.17) is 4.74 Å². The van der Waals surface area contributed by atoms with Crippen molar-refractivity contribution in [2.45, 2.75) is 52.6 Å². The lowest BCUT2D eigenvalue weighted by atomic mass is 10.2. The van der Waals surface area contributed by atoms with Gasteiger partial charge in [0.1, 0.15) is 50.6 Å². The Kier molecular flexibility index (Phi) is 32.7. The number of hydrogen-bond acceptors (Lipinski definition) is 7. The van der Waals surface area contributed by atoms with Crippen molar-refractivity contribution in [2.24, 2.45) is 5.73 Å². The first kappa shape index (κ1) is 57.9. The number of halogens is 2. The highest BCUT2D eigenvalue weighted by Gasteiger charge is 2.29. The predicted molar refractivity (Wildman–Crippen MR) is 182 cm³/mol. The Bertz CT molecular complexity index is 797. The quantitative estimate of drug-likeness (QED) is 0.0877. The van der Waals surface area contributed by atoms with E-state index in [1.807, 2.05) is 63.4 Å². The number of quaternary nitrogens is 4. The molecule has 14 nitrogen and oxygen atoms in total. The summed E-state index contributed by atoms with van der Waals surface area (Å²) in [7, 11) is 24.5. The molecular weight excluding hydrogens is 653 g/mol. The number of epoxide rings is 1. The summed E-state index contributed by atoms with van der Waals surface area (Å²) in [5, 5.41) is 32.1. The second-order valence-electron chi connectivity index (χ2n) is 15.8. The molecular formula is C31H75Cl2N7O7+2. The average Bonchev–Trinajstić information content (AvgIpc) is 3.50. The number of primary amides is 1. The summed E-state index contributed by atoms with van der Waals surface area (Å²) in [4.78, 5) is 32.9. The fourth-order valence-corrected chi connectivity index (χ4v) is 3.96. The zero-order chi connectivity index (χ0) is 35.7. The minimum atomic E-state index is -0.588. The van der Waals surface area contributed by atoms with Gasteiger partial charge in [0.15, 0.2) is 0 Å². The maximum atomic E-state index is 11.6. The molecule has 4 atom stereocenters. The molecule has 0 bridgehead atoms. The zero-order valence-electron chi connectivity index (χ0n) is 31.5. The number of ether oxygens (including phenoxy) is 1. The molecule has 1 rings (SSSR count). The lowest BCUT2D eigenvalue weighted by Gasteiger charge is -2.32. The number of carbonyl (C=O) groups is 3. The van der Waals surface area contributed by atoms with Crippen LogP contribution in [0.2, 0.25) is 0 Å². The third kappa shape index (κ3) is 54.4. The van der Waals surface area contributed by atoms with Gasteiger partial charge in [0.2, 0.25) is 17.7 Å². The Morgan fingerprint density at radius 1 is 0.723 bits per heavy atom. The van der Waals surface area contributed by atoms with Gasteiger partial charge in [0, 0.05) is 27.3 Å². The lowest BCUT2D eigenvalue weighted by Crippen LogP contribution is -3.00. The number of aliphatic hydroxyl groups is 3. The topological polar surface area (TPSA) is 166 Å². The number of nitrogens with zero attached hydrogens (tertiary/aromatic N) is 5. The Morgan fingerprint density at radius 3 is 1.21 bits per heavy atom. The van der Waals surface area contributed by atoms with Crippen molar-refractivity contribution in [3.8, 4) is 0 Å². The fourth-order valence-electron chi connectivity index (χ4n) is 3.96. The van der Waals surface area contributed by atoms with E-state index in [0.29, 0.717) is 45.7 Å². The Balaban J connectivity index is -0.000000133. The van der Waals surface area contributed by atoms with Crippen LogP contribution in [0.15, 0.2) is 0 Å². The number of aliphatic hydroxyl groups excluding tert-OH is 3. The molecule has 47 heavy (non-hydrogen) atoms. The van der Waals surface area contributed by atoms with E-state index in [-0.39, 0.29) is 63.1 Å². The van der Waals surface area contributed by atoms with E-state index in [9.17, 15) is 29.7 Å². The highest BCUT2D eigenvalue weighted by atomic mass is 35.5. The van der Waals surface area contributed by atoms with E-state index in [2.05, 4.69) is 32.2 Å². The first-order chi connectivity index (χ1) is 19.4. The van der Waals surface area contributed by atoms with Crippen molar-refractivity contribution < 1.29 is 77.2 Å². The third-order valence-electron chi connectivity index (χ3n) is 5.32. The summed E-state index contributed by atoms with van der Waals surface area (Å²) < 4.78 is 8.05. The van der Waals surface area contributed by atoms with Crippen molar-refractivity contribution in [2.75, 3.05) is 137 Å². The van der Waals surface area contributed by atoms with Crippen LogP contribution in [0.4, 0.5) is 0 Å². The largest absolute Gasteiger partial charge is 1.00 e. The van der Waals surface area contributed by atoms with Gasteiger partial charge in [-0.05, 0) is 0 Å². The first-order valence-electron chi connectivity index (χ1n) is 15.1. The van der Waals surface area contributed by atoms with Crippen LogP contribution in [0.25, 0.3) is 0 Å². The van der Waals surface area contributed by atoms with Crippen LogP contribution in [0, 0.1) is 0 Å². The van der Waals surface area contributed by atoms with Crippen LogP contribution < -0.4 is 35.9 Å². The van der Waals surface area contributed by atoms with Gasteiger partial charge in [-0.1, -0.05) is 7.43 Å². The SMILES string of the molecule is C.CC(=O)N(CC(O)C[N+](C)(C)C)CC(O)C[N+](C)(C)C.CC(=O)NCC(O)C[N+](C)(C)C.CC(N)=O.C[N+](C)(C)CC1CO1.[Cl-].[Cl-]. The van der Waals surface area contributed by atoms with E-state index in [0.717, 1.165) is 17.6 Å². The Labute approximate surface area is 300 Å². The van der Waals surface area contributed by atoms with Crippen molar-refractivity contribution in [3.63, 3.8) is 0 Å². The van der Waals surface area contributed by atoms with Gasteiger partial charge >= 0.3 is 0 Å². The molecule has 0 saturated carbocycles. The molecule has 1 aliphatic heterocycles. The Morgan fingerprint density at radius 2 is 1.02 bits per heavy atom. The second kappa shape index (κ2) is 26.5. The third-order valence-corrected chi connectivity index (χ3v) is 5.32. The van der Waals surface area contributed by atoms with Gasteiger partial charge in [-0.2, -0.15) is 0 Å². The predicted octanol–water partition coefficient (Wildman–Crippen LogP) is -7.61. The van der Waals surface area contributed by atoms with Gasteiger partial charge in [0.25, 0.3) is 0 Å². The normalized spacial score (nSPS) is 15.7. The maximum absolute atomic E-state index is 11.6. The van der Waals surface area contributed by atoms with E-state index < -0.39 is 18.3 Å². The monoisotopic (exact) mass is 728 g/mol. The van der Waals surface area contributed by atoms with Crippen molar-refractivity contribution in [3.05, 3.63) is 0 Å². The molecule has 0 aromatic heterocycles. The summed E-state index contributed by atoms with van der Waals surface area (Å²) in [5.74, 6) is -0.554. The minimum Gasteiger partial charge on any atom is -1.00 e. The number of hydrogen-bond donors (Lipinski definition) is 5. The smallest absolute Gasteiger partial charge is 0.219 e. The molecule has 0 radical (unpaired) electrons. The number of nitrogens with one attached hydrogen (secondary N) is 1. The first-order valence-corrected chi connectivity index (χ1v) is 15.1. The van der Waals surface area contributed by atoms with Crippen LogP contribution >= 0.6 is 0 Å². The zero-order valence-corrected chi connectivity index (χ0v) is 33.0. The van der Waals surface area contributed by atoms with Crippen LogP contribution in [-0.2, 0) is 19.1 Å². The summed E-state index contributed by atoms with van der Waals surface area (Å²) in [6, 6.07) is 0. The van der Waals surface area contributed by atoms with Gasteiger partial charge in [-0.25, -0.2) is 0 Å². The molecule has 288 valence electrons. The van der Waals surface area contributed by atoms with Crippen molar-refractivity contribution in [1.82, 2.24) is 10.2 Å². The molecule has 0 aliphatic carbocycles. The van der Waals surface area contributed by atoms with Gasteiger partial charge in [-0.15, -0.1) is 0 Å². The van der Waals surface area contributed by atoms with Gasteiger partial charge < -0.3 is 78.8 Å².